The lowest BCUT2D eigenvalue weighted by Gasteiger charge is -2.10. The normalized spacial score (nSPS) is 12.4. The fourth-order valence-electron chi connectivity index (χ4n) is 1.79. The van der Waals surface area contributed by atoms with Gasteiger partial charge in [-0.05, 0) is 31.5 Å². The Bertz CT molecular complexity index is 557. The number of hydrogen-bond acceptors (Lipinski definition) is 2. The quantitative estimate of drug-likeness (QED) is 0.724. The van der Waals surface area contributed by atoms with Gasteiger partial charge in [0.2, 0.25) is 0 Å². The second kappa shape index (κ2) is 3.38. The Morgan fingerprint density at radius 1 is 1.38 bits per heavy atom. The van der Waals surface area contributed by atoms with Gasteiger partial charge in [0, 0.05) is 12.7 Å². The molecule has 0 bridgehead atoms. The van der Waals surface area contributed by atoms with Crippen molar-refractivity contribution in [2.45, 2.75) is 19.2 Å². The summed E-state index contributed by atoms with van der Waals surface area (Å²) < 4.78 is 28.0. The molecule has 2 aromatic heterocycles. The molecule has 2 aromatic rings. The van der Waals surface area contributed by atoms with Gasteiger partial charge in [0.15, 0.2) is 5.65 Å². The molecule has 0 atom stereocenters. The lowest BCUT2D eigenvalue weighted by Crippen LogP contribution is -2.06. The molecule has 0 aliphatic rings. The molecule has 0 saturated carbocycles. The molecule has 6 heteroatoms. The first-order valence-corrected chi connectivity index (χ1v) is 5.06. The molecule has 0 unspecified atom stereocenters. The largest absolute Gasteiger partial charge is 0.349 e. The molecule has 0 aliphatic heterocycles. The maximum atomic E-state index is 13.3. The third kappa shape index (κ3) is 1.65. The third-order valence-electron chi connectivity index (χ3n) is 2.40. The number of nitrogens with zero attached hydrogens (tertiary/aromatic N) is 3. The molecule has 16 heavy (non-hydrogen) atoms. The molecule has 2 heterocycles. The molecule has 2 rings (SSSR count). The van der Waals surface area contributed by atoms with Gasteiger partial charge >= 0.3 is 5.38 Å². The van der Waals surface area contributed by atoms with Crippen molar-refractivity contribution in [1.82, 2.24) is 14.8 Å². The summed E-state index contributed by atoms with van der Waals surface area (Å²) in [5, 5.41) is 0.992. The van der Waals surface area contributed by atoms with E-state index >= 15 is 0 Å². The second-order valence-electron chi connectivity index (χ2n) is 3.72. The van der Waals surface area contributed by atoms with E-state index in [4.69, 9.17) is 11.6 Å². The minimum absolute atomic E-state index is 0.234. The smallest absolute Gasteiger partial charge is 0.250 e. The van der Waals surface area contributed by atoms with Crippen molar-refractivity contribution in [2.75, 3.05) is 0 Å². The predicted molar refractivity (Wildman–Crippen MR) is 57.7 cm³/mol. The van der Waals surface area contributed by atoms with Crippen LogP contribution in [-0.4, -0.2) is 14.8 Å². The molecular formula is C10H10ClF2N3. The Morgan fingerprint density at radius 2 is 2.00 bits per heavy atom. The number of rotatable bonds is 1. The van der Waals surface area contributed by atoms with Gasteiger partial charge in [-0.2, -0.15) is 13.9 Å². The maximum Gasteiger partial charge on any atom is 0.349 e. The topological polar surface area (TPSA) is 30.7 Å². The van der Waals surface area contributed by atoms with Crippen molar-refractivity contribution >= 4 is 22.6 Å². The van der Waals surface area contributed by atoms with E-state index in [0.29, 0.717) is 22.4 Å². The van der Waals surface area contributed by atoms with Crippen LogP contribution in [0.5, 0.6) is 0 Å². The van der Waals surface area contributed by atoms with Crippen LogP contribution in [0.4, 0.5) is 8.78 Å². The van der Waals surface area contributed by atoms with E-state index in [1.165, 1.54) is 10.7 Å². The Morgan fingerprint density at radius 3 is 2.56 bits per heavy atom. The van der Waals surface area contributed by atoms with Gasteiger partial charge in [-0.1, -0.05) is 0 Å². The summed E-state index contributed by atoms with van der Waals surface area (Å²) in [6.07, 6.45) is 0. The van der Waals surface area contributed by atoms with Crippen molar-refractivity contribution in [2.24, 2.45) is 7.05 Å². The highest BCUT2D eigenvalue weighted by molar-refractivity contribution is 6.22. The van der Waals surface area contributed by atoms with Crippen molar-refractivity contribution < 1.29 is 8.78 Å². The van der Waals surface area contributed by atoms with Gasteiger partial charge in [-0.3, -0.25) is 4.68 Å². The molecule has 3 nitrogen and oxygen atoms in total. The van der Waals surface area contributed by atoms with E-state index in [1.54, 1.807) is 20.9 Å². The molecule has 0 radical (unpaired) electrons. The molecule has 0 spiro atoms. The monoisotopic (exact) mass is 245 g/mol. The fraction of sp³-hybridized carbons (Fsp3) is 0.400. The molecule has 86 valence electrons. The Hall–Kier alpha value is -1.23. The van der Waals surface area contributed by atoms with E-state index in [9.17, 15) is 8.78 Å². The lowest BCUT2D eigenvalue weighted by molar-refractivity contribution is 0.0966. The molecule has 0 fully saturated rings. The van der Waals surface area contributed by atoms with Crippen molar-refractivity contribution in [3.05, 3.63) is 23.0 Å². The van der Waals surface area contributed by atoms with Crippen molar-refractivity contribution in [3.63, 3.8) is 0 Å². The van der Waals surface area contributed by atoms with Crippen LogP contribution in [0.25, 0.3) is 11.0 Å². The van der Waals surface area contributed by atoms with Gasteiger partial charge in [0.05, 0.1) is 16.6 Å². The molecule has 0 N–H and O–H groups in total. The van der Waals surface area contributed by atoms with Crippen LogP contribution in [0, 0.1) is 13.8 Å². The summed E-state index contributed by atoms with van der Waals surface area (Å²) >= 11 is 5.09. The number of aryl methyl sites for hydroxylation is 3. The molecule has 0 saturated heterocycles. The summed E-state index contributed by atoms with van der Waals surface area (Å²) in [4.78, 5) is 4.18. The minimum Gasteiger partial charge on any atom is -0.250 e. The number of pyridine rings is 1. The van der Waals surface area contributed by atoms with E-state index < -0.39 is 5.38 Å². The van der Waals surface area contributed by atoms with Gasteiger partial charge < -0.3 is 0 Å². The highest BCUT2D eigenvalue weighted by Crippen LogP contribution is 2.37. The van der Waals surface area contributed by atoms with Crippen LogP contribution in [0.2, 0.25) is 0 Å². The lowest BCUT2D eigenvalue weighted by atomic mass is 10.1. The first kappa shape index (κ1) is 11.3. The van der Waals surface area contributed by atoms with Crippen LogP contribution >= 0.6 is 11.6 Å². The van der Waals surface area contributed by atoms with Crippen molar-refractivity contribution in [3.8, 4) is 0 Å². The molecule has 0 aromatic carbocycles. The SMILES string of the molecule is Cc1cc(C(F)(F)Cl)c2c(C)nn(C)c2n1. The standard InChI is InChI=1S/C10H10ClF2N3/c1-5-4-7(10(11,12)13)8-6(2)15-16(3)9(8)14-5/h4H,1-3H3. The van der Waals surface area contributed by atoms with Crippen LogP contribution < -0.4 is 0 Å². The van der Waals surface area contributed by atoms with Crippen molar-refractivity contribution in [1.29, 1.82) is 0 Å². The predicted octanol–water partition coefficient (Wildman–Crippen LogP) is 2.87. The Kier molecular flexibility index (Phi) is 2.38. The van der Waals surface area contributed by atoms with Gasteiger partial charge in [-0.25, -0.2) is 4.98 Å². The zero-order valence-corrected chi connectivity index (χ0v) is 9.81. The highest BCUT2D eigenvalue weighted by atomic mass is 35.5. The third-order valence-corrected chi connectivity index (χ3v) is 2.61. The summed E-state index contributed by atoms with van der Waals surface area (Å²) in [6, 6.07) is 1.30. The number of fused-ring (bicyclic) bond motifs is 1. The van der Waals surface area contributed by atoms with Crippen LogP contribution in [-0.2, 0) is 12.4 Å². The van der Waals surface area contributed by atoms with E-state index in [-0.39, 0.29) is 5.56 Å². The first-order chi connectivity index (χ1) is 7.30. The average molecular weight is 246 g/mol. The highest BCUT2D eigenvalue weighted by Gasteiger charge is 2.32. The first-order valence-electron chi connectivity index (χ1n) is 4.69. The molecule has 0 aliphatic carbocycles. The van der Waals surface area contributed by atoms with Crippen LogP contribution in [0.15, 0.2) is 6.07 Å². The number of aromatic nitrogens is 3. The fourth-order valence-corrected chi connectivity index (χ4v) is 1.94. The van der Waals surface area contributed by atoms with Crippen LogP contribution in [0.3, 0.4) is 0 Å². The van der Waals surface area contributed by atoms with E-state index in [1.807, 2.05) is 0 Å². The summed E-state index contributed by atoms with van der Waals surface area (Å²) in [5.41, 5.74) is 1.18. The van der Waals surface area contributed by atoms with Crippen LogP contribution in [0.1, 0.15) is 17.0 Å². The zero-order chi connectivity index (χ0) is 12.1. The molecule has 0 amide bonds. The van der Waals surface area contributed by atoms with E-state index in [0.717, 1.165) is 0 Å². The van der Waals surface area contributed by atoms with Gasteiger partial charge in [0.25, 0.3) is 0 Å². The maximum absolute atomic E-state index is 13.3. The number of alkyl halides is 3. The summed E-state index contributed by atoms with van der Waals surface area (Å²) in [7, 11) is 1.66. The number of halogens is 3. The van der Waals surface area contributed by atoms with E-state index in [2.05, 4.69) is 10.1 Å². The summed E-state index contributed by atoms with van der Waals surface area (Å²) in [5.74, 6) is 0. The van der Waals surface area contributed by atoms with Gasteiger partial charge in [0.1, 0.15) is 0 Å². The Labute approximate surface area is 96.0 Å². The summed E-state index contributed by atoms with van der Waals surface area (Å²) in [6.45, 7) is 3.30. The molecular weight excluding hydrogens is 236 g/mol. The zero-order valence-electron chi connectivity index (χ0n) is 9.05. The Balaban J connectivity index is 2.92. The van der Waals surface area contributed by atoms with Gasteiger partial charge in [-0.15, -0.1) is 0 Å². The number of hydrogen-bond donors (Lipinski definition) is 0. The second-order valence-corrected chi connectivity index (χ2v) is 4.19. The average Bonchev–Trinajstić information content (AvgIpc) is 2.40. The minimum atomic E-state index is -3.40.